The summed E-state index contributed by atoms with van der Waals surface area (Å²) in [5.41, 5.74) is 1.49. The number of amides is 2. The van der Waals surface area contributed by atoms with Gasteiger partial charge < -0.3 is 14.6 Å². The molecule has 0 radical (unpaired) electrons. The predicted molar refractivity (Wildman–Crippen MR) is 101 cm³/mol. The average Bonchev–Trinajstić information content (AvgIpc) is 3.23. The highest BCUT2D eigenvalue weighted by Gasteiger charge is 2.24. The standard InChI is InChI=1S/C20H20N4O3/c25-18(22-16-6-1-4-15-5-2-8-21-19(15)16)14-23-9-11-24(12-10-23)20(26)17-7-3-13-27-17/h1-8,13H,9-12,14H2,(H,22,25). The van der Waals surface area contributed by atoms with Gasteiger partial charge in [-0.2, -0.15) is 0 Å². The molecule has 0 spiro atoms. The van der Waals surface area contributed by atoms with E-state index in [0.717, 1.165) is 10.9 Å². The summed E-state index contributed by atoms with van der Waals surface area (Å²) in [6.45, 7) is 2.72. The Kier molecular flexibility index (Phi) is 4.84. The molecule has 0 saturated carbocycles. The van der Waals surface area contributed by atoms with E-state index in [0.29, 0.717) is 37.6 Å². The number of para-hydroxylation sites is 1. The molecule has 1 saturated heterocycles. The minimum atomic E-state index is -0.106. The molecule has 1 aliphatic heterocycles. The number of carbonyl (C=O) groups is 2. The summed E-state index contributed by atoms with van der Waals surface area (Å²) in [7, 11) is 0. The number of fused-ring (bicyclic) bond motifs is 1. The largest absolute Gasteiger partial charge is 0.459 e. The van der Waals surface area contributed by atoms with Crippen LogP contribution >= 0.6 is 0 Å². The quantitative estimate of drug-likeness (QED) is 0.768. The fraction of sp³-hybridized carbons (Fsp3) is 0.250. The molecule has 0 atom stereocenters. The number of hydrogen-bond donors (Lipinski definition) is 1. The minimum Gasteiger partial charge on any atom is -0.459 e. The van der Waals surface area contributed by atoms with Crippen molar-refractivity contribution < 1.29 is 14.0 Å². The van der Waals surface area contributed by atoms with Crippen molar-refractivity contribution >= 4 is 28.4 Å². The fourth-order valence-corrected chi connectivity index (χ4v) is 3.26. The SMILES string of the molecule is O=C(CN1CCN(C(=O)c2ccco2)CC1)Nc1cccc2cccnc12. The van der Waals surface area contributed by atoms with Gasteiger partial charge in [0.25, 0.3) is 5.91 Å². The van der Waals surface area contributed by atoms with Gasteiger partial charge in [0, 0.05) is 37.8 Å². The van der Waals surface area contributed by atoms with Crippen LogP contribution in [0.3, 0.4) is 0 Å². The lowest BCUT2D eigenvalue weighted by Crippen LogP contribution is -2.50. The maximum Gasteiger partial charge on any atom is 0.289 e. The molecule has 3 aromatic rings. The van der Waals surface area contributed by atoms with Gasteiger partial charge in [-0.1, -0.05) is 18.2 Å². The first-order chi connectivity index (χ1) is 13.2. The number of furan rings is 1. The molecule has 1 aromatic carbocycles. The van der Waals surface area contributed by atoms with E-state index in [4.69, 9.17) is 4.42 Å². The van der Waals surface area contributed by atoms with E-state index in [1.54, 1.807) is 23.2 Å². The number of pyridine rings is 1. The number of hydrogen-bond acceptors (Lipinski definition) is 5. The highest BCUT2D eigenvalue weighted by Crippen LogP contribution is 2.20. The van der Waals surface area contributed by atoms with Gasteiger partial charge in [-0.3, -0.25) is 19.5 Å². The molecule has 1 fully saturated rings. The van der Waals surface area contributed by atoms with E-state index in [-0.39, 0.29) is 18.4 Å². The van der Waals surface area contributed by atoms with Gasteiger partial charge in [0.15, 0.2) is 5.76 Å². The van der Waals surface area contributed by atoms with E-state index in [1.165, 1.54) is 6.26 Å². The average molecular weight is 364 g/mol. The summed E-state index contributed by atoms with van der Waals surface area (Å²) in [4.78, 5) is 32.9. The number of rotatable bonds is 4. The van der Waals surface area contributed by atoms with E-state index in [1.807, 2.05) is 35.2 Å². The number of anilines is 1. The molecule has 27 heavy (non-hydrogen) atoms. The third-order valence-corrected chi connectivity index (χ3v) is 4.67. The Bertz CT molecular complexity index is 942. The lowest BCUT2D eigenvalue weighted by atomic mass is 10.2. The Morgan fingerprint density at radius 2 is 1.85 bits per heavy atom. The molecular weight excluding hydrogens is 344 g/mol. The first kappa shape index (κ1) is 17.2. The predicted octanol–water partition coefficient (Wildman–Crippen LogP) is 2.22. The van der Waals surface area contributed by atoms with E-state index >= 15 is 0 Å². The second-order valence-corrected chi connectivity index (χ2v) is 6.47. The number of piperazine rings is 1. The molecule has 0 unspecified atom stereocenters. The first-order valence-corrected chi connectivity index (χ1v) is 8.89. The lowest BCUT2D eigenvalue weighted by molar-refractivity contribution is -0.117. The summed E-state index contributed by atoms with van der Waals surface area (Å²) in [5, 5.41) is 3.94. The summed E-state index contributed by atoms with van der Waals surface area (Å²) in [6, 6.07) is 12.9. The van der Waals surface area contributed by atoms with Crippen LogP contribution in [0.15, 0.2) is 59.3 Å². The molecule has 2 amide bonds. The van der Waals surface area contributed by atoms with Crippen LogP contribution in [-0.2, 0) is 4.79 Å². The molecule has 7 nitrogen and oxygen atoms in total. The van der Waals surface area contributed by atoms with Crippen molar-refractivity contribution in [2.75, 3.05) is 38.0 Å². The van der Waals surface area contributed by atoms with Crippen molar-refractivity contribution in [3.8, 4) is 0 Å². The molecule has 3 heterocycles. The van der Waals surface area contributed by atoms with Gasteiger partial charge in [0.2, 0.25) is 5.91 Å². The lowest BCUT2D eigenvalue weighted by Gasteiger charge is -2.33. The summed E-state index contributed by atoms with van der Waals surface area (Å²) < 4.78 is 5.17. The summed E-state index contributed by atoms with van der Waals surface area (Å²) in [6.07, 6.45) is 3.21. The molecule has 2 aromatic heterocycles. The molecule has 1 aliphatic rings. The van der Waals surface area contributed by atoms with Gasteiger partial charge >= 0.3 is 0 Å². The number of aromatic nitrogens is 1. The molecule has 7 heteroatoms. The number of benzene rings is 1. The zero-order chi connectivity index (χ0) is 18.6. The second-order valence-electron chi connectivity index (χ2n) is 6.47. The minimum absolute atomic E-state index is 0.0843. The van der Waals surface area contributed by atoms with Gasteiger partial charge in [0.05, 0.1) is 24.0 Å². The van der Waals surface area contributed by atoms with E-state index < -0.39 is 0 Å². The van der Waals surface area contributed by atoms with Crippen molar-refractivity contribution in [2.45, 2.75) is 0 Å². The third-order valence-electron chi connectivity index (χ3n) is 4.67. The van der Waals surface area contributed by atoms with Crippen LogP contribution in [0.5, 0.6) is 0 Å². The first-order valence-electron chi connectivity index (χ1n) is 8.89. The molecule has 1 N–H and O–H groups in total. The Balaban J connectivity index is 1.32. The van der Waals surface area contributed by atoms with Crippen LogP contribution in [0.2, 0.25) is 0 Å². The second kappa shape index (κ2) is 7.59. The van der Waals surface area contributed by atoms with Crippen LogP contribution in [-0.4, -0.2) is 59.3 Å². The smallest absolute Gasteiger partial charge is 0.289 e. The topological polar surface area (TPSA) is 78.7 Å². The molecule has 4 rings (SSSR count). The van der Waals surface area contributed by atoms with Gasteiger partial charge in [-0.25, -0.2) is 0 Å². The summed E-state index contributed by atoms with van der Waals surface area (Å²) >= 11 is 0. The fourth-order valence-electron chi connectivity index (χ4n) is 3.26. The molecule has 0 bridgehead atoms. The van der Waals surface area contributed by atoms with Crippen LogP contribution in [0.4, 0.5) is 5.69 Å². The van der Waals surface area contributed by atoms with Crippen LogP contribution in [0, 0.1) is 0 Å². The zero-order valence-corrected chi connectivity index (χ0v) is 14.8. The van der Waals surface area contributed by atoms with Gasteiger partial charge in [0.1, 0.15) is 0 Å². The van der Waals surface area contributed by atoms with Crippen LogP contribution < -0.4 is 5.32 Å². The highest BCUT2D eigenvalue weighted by atomic mass is 16.3. The highest BCUT2D eigenvalue weighted by molar-refractivity contribution is 6.00. The van der Waals surface area contributed by atoms with Gasteiger partial charge in [-0.15, -0.1) is 0 Å². The third kappa shape index (κ3) is 3.83. The van der Waals surface area contributed by atoms with Crippen molar-refractivity contribution in [1.29, 1.82) is 0 Å². The molecule has 0 aliphatic carbocycles. The van der Waals surface area contributed by atoms with Crippen molar-refractivity contribution in [2.24, 2.45) is 0 Å². The zero-order valence-electron chi connectivity index (χ0n) is 14.8. The van der Waals surface area contributed by atoms with Crippen molar-refractivity contribution in [3.05, 3.63) is 60.7 Å². The number of nitrogens with zero attached hydrogens (tertiary/aromatic N) is 3. The Hall–Kier alpha value is -3.19. The Morgan fingerprint density at radius 1 is 1.04 bits per heavy atom. The molecular formula is C20H20N4O3. The number of carbonyl (C=O) groups excluding carboxylic acids is 2. The van der Waals surface area contributed by atoms with Crippen LogP contribution in [0.25, 0.3) is 10.9 Å². The maximum atomic E-state index is 12.5. The number of nitrogens with one attached hydrogen (secondary N) is 1. The Morgan fingerprint density at radius 3 is 2.63 bits per heavy atom. The van der Waals surface area contributed by atoms with E-state index in [9.17, 15) is 9.59 Å². The maximum absolute atomic E-state index is 12.5. The normalized spacial score (nSPS) is 15.0. The van der Waals surface area contributed by atoms with Gasteiger partial charge in [-0.05, 0) is 24.3 Å². The Labute approximate surface area is 156 Å². The van der Waals surface area contributed by atoms with Crippen molar-refractivity contribution in [1.82, 2.24) is 14.8 Å². The monoisotopic (exact) mass is 364 g/mol. The van der Waals surface area contributed by atoms with E-state index in [2.05, 4.69) is 10.3 Å². The molecule has 138 valence electrons. The summed E-state index contributed by atoms with van der Waals surface area (Å²) in [5.74, 6) is 0.162. The van der Waals surface area contributed by atoms with Crippen molar-refractivity contribution in [3.63, 3.8) is 0 Å². The van der Waals surface area contributed by atoms with Crippen LogP contribution in [0.1, 0.15) is 10.6 Å².